The molecule has 166 valence electrons. The van der Waals surface area contributed by atoms with Crippen LogP contribution in [0.4, 0.5) is 0 Å². The predicted octanol–water partition coefficient (Wildman–Crippen LogP) is 2.69. The van der Waals surface area contributed by atoms with Crippen molar-refractivity contribution in [3.63, 3.8) is 0 Å². The Hall–Kier alpha value is -1.78. The van der Waals surface area contributed by atoms with Crippen LogP contribution in [0.5, 0.6) is 23.0 Å². The number of aliphatic hydroxyl groups is 1. The third-order valence-corrected chi connectivity index (χ3v) is 6.65. The van der Waals surface area contributed by atoms with Crippen molar-refractivity contribution in [1.82, 2.24) is 5.32 Å². The van der Waals surface area contributed by atoms with E-state index in [1.54, 1.807) is 34.8 Å². The van der Waals surface area contributed by atoms with Crippen LogP contribution in [-0.4, -0.2) is 60.2 Å². The highest BCUT2D eigenvalue weighted by Crippen LogP contribution is 2.29. The number of hydrogen-bond acceptors (Lipinski definition) is 9. The molecule has 0 bridgehead atoms. The quantitative estimate of drug-likeness (QED) is 0.167. The Labute approximate surface area is 185 Å². The summed E-state index contributed by atoms with van der Waals surface area (Å²) in [4.78, 5) is 0. The summed E-state index contributed by atoms with van der Waals surface area (Å²) in [6, 6.07) is 10.2. The first-order chi connectivity index (χ1) is 14.5. The molecular weight excluding hydrogens is 424 g/mol. The Kier molecular flexibility index (Phi) is 11.0. The molecule has 0 aliphatic heterocycles. The number of aliphatic hydroxyl groups excluding tert-OH is 1. The predicted molar refractivity (Wildman–Crippen MR) is 124 cm³/mol. The minimum Gasteiger partial charge on any atom is -0.504 e. The number of benzene rings is 2. The molecule has 0 saturated heterocycles. The Morgan fingerprint density at radius 2 is 1.83 bits per heavy atom. The van der Waals surface area contributed by atoms with E-state index < -0.39 is 6.10 Å². The number of rotatable bonds is 14. The molecule has 2 rings (SSSR count). The summed E-state index contributed by atoms with van der Waals surface area (Å²) in [6.07, 6.45) is -0.0156. The van der Waals surface area contributed by atoms with Gasteiger partial charge in [-0.05, 0) is 48.4 Å². The van der Waals surface area contributed by atoms with Crippen molar-refractivity contribution in [2.45, 2.75) is 12.5 Å². The maximum Gasteiger partial charge on any atom is 0.161 e. The first-order valence-corrected chi connectivity index (χ1v) is 12.2. The van der Waals surface area contributed by atoms with Crippen LogP contribution in [0.1, 0.15) is 17.2 Å². The monoisotopic (exact) mass is 454 g/mol. The lowest BCUT2D eigenvalue weighted by Crippen LogP contribution is -2.23. The molecule has 0 aliphatic carbocycles. The van der Waals surface area contributed by atoms with Gasteiger partial charge in [0.25, 0.3) is 0 Å². The van der Waals surface area contributed by atoms with E-state index in [4.69, 9.17) is 15.2 Å². The fourth-order valence-electron chi connectivity index (χ4n) is 2.68. The van der Waals surface area contributed by atoms with Gasteiger partial charge in [-0.25, -0.2) is 0 Å². The second kappa shape index (κ2) is 13.5. The smallest absolute Gasteiger partial charge is 0.161 e. The number of hydrogen-bond donors (Lipinski definition) is 5. The van der Waals surface area contributed by atoms with Gasteiger partial charge in [-0.3, -0.25) is 0 Å². The number of ether oxygens (including phenoxy) is 2. The van der Waals surface area contributed by atoms with Crippen LogP contribution in [0, 0.1) is 0 Å². The molecule has 2 aromatic rings. The molecule has 30 heavy (non-hydrogen) atoms. The number of nitrogens with two attached hydrogens (primary N) is 1. The molecule has 0 saturated carbocycles. The van der Waals surface area contributed by atoms with Gasteiger partial charge in [0, 0.05) is 24.6 Å². The van der Waals surface area contributed by atoms with Gasteiger partial charge in [0.1, 0.15) is 0 Å². The van der Waals surface area contributed by atoms with Crippen molar-refractivity contribution in [1.29, 1.82) is 0 Å². The van der Waals surface area contributed by atoms with E-state index in [0.717, 1.165) is 29.2 Å². The van der Waals surface area contributed by atoms with E-state index in [1.165, 1.54) is 12.1 Å². The number of phenolic OH excluding ortho intramolecular Hbond substituents is 2. The summed E-state index contributed by atoms with van der Waals surface area (Å²) in [5, 5.41) is 32.3. The fourth-order valence-corrected chi connectivity index (χ4v) is 4.36. The van der Waals surface area contributed by atoms with Crippen LogP contribution >= 0.6 is 21.6 Å². The van der Waals surface area contributed by atoms with E-state index in [1.807, 2.05) is 18.2 Å². The zero-order valence-electron chi connectivity index (χ0n) is 17.0. The number of aromatic hydroxyl groups is 2. The summed E-state index contributed by atoms with van der Waals surface area (Å²) < 4.78 is 11.3. The first-order valence-electron chi connectivity index (χ1n) is 9.70. The normalized spacial score (nSPS) is 12.0. The first kappa shape index (κ1) is 24.5. The zero-order chi connectivity index (χ0) is 21.8. The molecule has 7 nitrogen and oxygen atoms in total. The van der Waals surface area contributed by atoms with E-state index in [2.05, 4.69) is 5.32 Å². The molecule has 0 amide bonds. The van der Waals surface area contributed by atoms with Crippen LogP contribution in [0.3, 0.4) is 0 Å². The molecular formula is C21H30N2O5S2. The lowest BCUT2D eigenvalue weighted by atomic mass is 10.1. The Morgan fingerprint density at radius 3 is 2.57 bits per heavy atom. The second-order valence-corrected chi connectivity index (χ2v) is 9.19. The van der Waals surface area contributed by atoms with Gasteiger partial charge in [0.2, 0.25) is 0 Å². The maximum atomic E-state index is 10.2. The summed E-state index contributed by atoms with van der Waals surface area (Å²) in [7, 11) is 5.12. The minimum absolute atomic E-state index is 0.204. The SMILES string of the molecule is COc1cc(CCNC[C@H](O)c2ccc(O)c(O)c2)ccc1OCCSSCCN. The highest BCUT2D eigenvalue weighted by Gasteiger charge is 2.10. The molecule has 0 heterocycles. The van der Waals surface area contributed by atoms with Crippen molar-refractivity contribution in [2.75, 3.05) is 44.9 Å². The van der Waals surface area contributed by atoms with Crippen LogP contribution in [-0.2, 0) is 6.42 Å². The van der Waals surface area contributed by atoms with Gasteiger partial charge in [-0.15, -0.1) is 0 Å². The Balaban J connectivity index is 1.75. The van der Waals surface area contributed by atoms with Crippen molar-refractivity contribution in [3.8, 4) is 23.0 Å². The average molecular weight is 455 g/mol. The van der Waals surface area contributed by atoms with Crippen LogP contribution in [0.2, 0.25) is 0 Å². The molecule has 0 spiro atoms. The standard InChI is InChI=1S/C21H30N2O5S2/c1-27-21-12-15(2-5-20(21)28-9-11-30-29-10-7-22)6-8-23-14-19(26)16-3-4-17(24)18(25)13-16/h2-5,12-13,19,23-26H,6-11,14,22H2,1H3/t19-/m0/s1. The number of nitrogens with one attached hydrogen (secondary N) is 1. The van der Waals surface area contributed by atoms with E-state index >= 15 is 0 Å². The van der Waals surface area contributed by atoms with Gasteiger partial charge in [-0.1, -0.05) is 33.7 Å². The van der Waals surface area contributed by atoms with Crippen LogP contribution in [0.25, 0.3) is 0 Å². The minimum atomic E-state index is -0.775. The molecule has 0 unspecified atom stereocenters. The largest absolute Gasteiger partial charge is 0.504 e. The van der Waals surface area contributed by atoms with Crippen molar-refractivity contribution >= 4 is 21.6 Å². The molecule has 0 radical (unpaired) electrons. The number of methoxy groups -OCH3 is 1. The summed E-state index contributed by atoms with van der Waals surface area (Å²) >= 11 is 0. The average Bonchev–Trinajstić information content (AvgIpc) is 2.75. The van der Waals surface area contributed by atoms with Crippen molar-refractivity contribution < 1.29 is 24.8 Å². The molecule has 9 heteroatoms. The molecule has 6 N–H and O–H groups in total. The molecule has 1 atom stereocenters. The summed E-state index contributed by atoms with van der Waals surface area (Å²) in [5.74, 6) is 2.79. The summed E-state index contributed by atoms with van der Waals surface area (Å²) in [5.41, 5.74) is 7.10. The second-order valence-electron chi connectivity index (χ2n) is 6.48. The maximum absolute atomic E-state index is 10.2. The van der Waals surface area contributed by atoms with E-state index in [9.17, 15) is 15.3 Å². The van der Waals surface area contributed by atoms with Gasteiger partial charge in [-0.2, -0.15) is 0 Å². The Bertz CT molecular complexity index is 779. The van der Waals surface area contributed by atoms with Gasteiger partial charge in [0.05, 0.1) is 19.8 Å². The number of phenols is 2. The molecule has 0 aromatic heterocycles. The molecule has 2 aromatic carbocycles. The van der Waals surface area contributed by atoms with Crippen molar-refractivity contribution in [3.05, 3.63) is 47.5 Å². The lowest BCUT2D eigenvalue weighted by molar-refractivity contribution is 0.174. The van der Waals surface area contributed by atoms with Gasteiger partial charge in [0.15, 0.2) is 23.0 Å². The van der Waals surface area contributed by atoms with E-state index in [0.29, 0.717) is 37.6 Å². The Morgan fingerprint density at radius 1 is 1.03 bits per heavy atom. The third kappa shape index (κ3) is 8.16. The van der Waals surface area contributed by atoms with Gasteiger partial charge >= 0.3 is 0 Å². The topological polar surface area (TPSA) is 117 Å². The summed E-state index contributed by atoms with van der Waals surface area (Å²) in [6.45, 7) is 2.29. The molecule has 0 aliphatic rings. The highest BCUT2D eigenvalue weighted by atomic mass is 33.1. The van der Waals surface area contributed by atoms with E-state index in [-0.39, 0.29) is 11.5 Å². The van der Waals surface area contributed by atoms with Gasteiger partial charge < -0.3 is 35.8 Å². The van der Waals surface area contributed by atoms with Crippen LogP contribution < -0.4 is 20.5 Å². The zero-order valence-corrected chi connectivity index (χ0v) is 18.7. The van der Waals surface area contributed by atoms with Crippen molar-refractivity contribution in [2.24, 2.45) is 5.73 Å². The fraction of sp³-hybridized carbons (Fsp3) is 0.429. The third-order valence-electron chi connectivity index (χ3n) is 4.25. The lowest BCUT2D eigenvalue weighted by Gasteiger charge is -2.14. The molecule has 0 fully saturated rings. The van der Waals surface area contributed by atoms with Crippen LogP contribution in [0.15, 0.2) is 36.4 Å². The highest BCUT2D eigenvalue weighted by molar-refractivity contribution is 8.76.